The predicted molar refractivity (Wildman–Crippen MR) is 137 cm³/mol. The smallest absolute Gasteiger partial charge is 0.323 e. The van der Waals surface area contributed by atoms with Gasteiger partial charge in [-0.1, -0.05) is 38.4 Å². The van der Waals surface area contributed by atoms with E-state index in [1.165, 1.54) is 0 Å². The summed E-state index contributed by atoms with van der Waals surface area (Å²) in [7, 11) is 0. The Hall–Kier alpha value is -2.77. The van der Waals surface area contributed by atoms with Gasteiger partial charge in [-0.15, -0.1) is 0 Å². The highest BCUT2D eigenvalue weighted by Crippen LogP contribution is 2.34. The monoisotopic (exact) mass is 487 g/mol. The van der Waals surface area contributed by atoms with Crippen LogP contribution < -0.4 is 15.5 Å². The molecule has 34 heavy (non-hydrogen) atoms. The van der Waals surface area contributed by atoms with Crippen molar-refractivity contribution < 1.29 is 19.4 Å². The standard InChI is InChI=1S/C26H34ClN3O4/c1-17(2)16-30(22-10-12-34-13-11-22)24-9-4-19(18(3)14-25(31)32)15-23(24)29-26(33)28-21-7-5-20(27)6-8-21/h4-9,15,17-18,22H,10-14,16H2,1-3H3,(H,31,32)(H2,28,29,33). The molecule has 0 spiro atoms. The summed E-state index contributed by atoms with van der Waals surface area (Å²) in [6, 6.07) is 12.7. The lowest BCUT2D eigenvalue weighted by atomic mass is 9.95. The molecule has 3 rings (SSSR count). The van der Waals surface area contributed by atoms with Crippen LogP contribution in [-0.2, 0) is 9.53 Å². The number of hydrogen-bond donors (Lipinski definition) is 3. The number of carboxylic acid groups (broad SMARTS) is 1. The Bertz CT molecular complexity index is 975. The molecule has 1 saturated heterocycles. The van der Waals surface area contributed by atoms with Gasteiger partial charge in [0.25, 0.3) is 0 Å². The fourth-order valence-corrected chi connectivity index (χ4v) is 4.37. The van der Waals surface area contributed by atoms with Crippen LogP contribution in [0.2, 0.25) is 5.02 Å². The van der Waals surface area contributed by atoms with Gasteiger partial charge in [-0.25, -0.2) is 4.79 Å². The summed E-state index contributed by atoms with van der Waals surface area (Å²) in [5.41, 5.74) is 3.08. The second-order valence-corrected chi connectivity index (χ2v) is 9.69. The van der Waals surface area contributed by atoms with E-state index in [0.29, 0.717) is 41.6 Å². The fourth-order valence-electron chi connectivity index (χ4n) is 4.24. The Morgan fingerprint density at radius 3 is 2.38 bits per heavy atom. The summed E-state index contributed by atoms with van der Waals surface area (Å²) in [5.74, 6) is -0.618. The first kappa shape index (κ1) is 25.8. The van der Waals surface area contributed by atoms with Crippen LogP contribution >= 0.6 is 11.6 Å². The molecule has 2 aromatic rings. The zero-order valence-electron chi connectivity index (χ0n) is 20.0. The van der Waals surface area contributed by atoms with Crippen LogP contribution in [0.3, 0.4) is 0 Å². The van der Waals surface area contributed by atoms with Crippen LogP contribution in [0.1, 0.15) is 51.5 Å². The van der Waals surface area contributed by atoms with Gasteiger partial charge >= 0.3 is 12.0 Å². The summed E-state index contributed by atoms with van der Waals surface area (Å²) >= 11 is 5.95. The van der Waals surface area contributed by atoms with Crippen molar-refractivity contribution in [3.05, 3.63) is 53.1 Å². The van der Waals surface area contributed by atoms with Crippen molar-refractivity contribution in [3.63, 3.8) is 0 Å². The van der Waals surface area contributed by atoms with Gasteiger partial charge in [-0.2, -0.15) is 0 Å². The number of nitrogens with zero attached hydrogens (tertiary/aromatic N) is 1. The Morgan fingerprint density at radius 1 is 1.09 bits per heavy atom. The molecule has 1 aliphatic rings. The first-order chi connectivity index (χ1) is 16.2. The average Bonchev–Trinajstić information content (AvgIpc) is 2.79. The summed E-state index contributed by atoms with van der Waals surface area (Å²) in [6.45, 7) is 8.50. The number of ether oxygens (including phenoxy) is 1. The molecule has 1 aliphatic heterocycles. The number of amides is 2. The minimum Gasteiger partial charge on any atom is -0.481 e. The number of rotatable bonds is 9. The Kier molecular flexibility index (Phi) is 9.19. The van der Waals surface area contributed by atoms with Crippen molar-refractivity contribution >= 4 is 40.7 Å². The molecular formula is C26H34ClN3O4. The second-order valence-electron chi connectivity index (χ2n) is 9.25. The van der Waals surface area contributed by atoms with Gasteiger partial charge < -0.3 is 25.4 Å². The zero-order valence-corrected chi connectivity index (χ0v) is 20.8. The maximum Gasteiger partial charge on any atom is 0.323 e. The van der Waals surface area contributed by atoms with Crippen molar-refractivity contribution in [2.45, 2.75) is 52.0 Å². The van der Waals surface area contributed by atoms with Gasteiger partial charge in [0.2, 0.25) is 0 Å². The molecule has 2 amide bonds. The molecule has 0 aromatic heterocycles. The van der Waals surface area contributed by atoms with Crippen LogP contribution in [0.15, 0.2) is 42.5 Å². The van der Waals surface area contributed by atoms with Gasteiger partial charge in [-0.05, 0) is 66.6 Å². The third kappa shape index (κ3) is 7.37. The van der Waals surface area contributed by atoms with E-state index in [1.807, 2.05) is 25.1 Å². The van der Waals surface area contributed by atoms with Crippen LogP contribution in [-0.4, -0.2) is 42.9 Å². The Labute approximate surface area is 206 Å². The maximum atomic E-state index is 12.9. The summed E-state index contributed by atoms with van der Waals surface area (Å²) in [4.78, 5) is 26.5. The summed E-state index contributed by atoms with van der Waals surface area (Å²) in [5, 5.41) is 15.7. The highest BCUT2D eigenvalue weighted by atomic mass is 35.5. The van der Waals surface area contributed by atoms with E-state index >= 15 is 0 Å². The quantitative estimate of drug-likeness (QED) is 0.391. The molecule has 1 fully saturated rings. The molecular weight excluding hydrogens is 454 g/mol. The molecule has 0 bridgehead atoms. The van der Waals surface area contributed by atoms with Crippen LogP contribution in [0.25, 0.3) is 0 Å². The number of anilines is 3. The molecule has 7 nitrogen and oxygen atoms in total. The minimum absolute atomic E-state index is 0.0193. The SMILES string of the molecule is CC(C)CN(c1ccc(C(C)CC(=O)O)cc1NC(=O)Nc1ccc(Cl)cc1)C1CCOCC1. The molecule has 1 heterocycles. The van der Waals surface area contributed by atoms with Crippen molar-refractivity contribution in [2.75, 3.05) is 35.3 Å². The first-order valence-corrected chi connectivity index (χ1v) is 12.1. The van der Waals surface area contributed by atoms with Gasteiger partial charge in [0, 0.05) is 36.5 Å². The fraction of sp³-hybridized carbons (Fsp3) is 0.462. The Morgan fingerprint density at radius 2 is 1.76 bits per heavy atom. The van der Waals surface area contributed by atoms with Crippen molar-refractivity contribution in [1.82, 2.24) is 0 Å². The third-order valence-electron chi connectivity index (χ3n) is 5.92. The normalized spacial score (nSPS) is 15.1. The number of nitrogens with one attached hydrogen (secondary N) is 2. The van der Waals surface area contributed by atoms with E-state index in [1.54, 1.807) is 24.3 Å². The van der Waals surface area contributed by atoms with Crippen molar-refractivity contribution in [1.29, 1.82) is 0 Å². The van der Waals surface area contributed by atoms with E-state index in [9.17, 15) is 14.7 Å². The number of carbonyl (C=O) groups excluding carboxylic acids is 1. The van der Waals surface area contributed by atoms with Gasteiger partial charge in [0.1, 0.15) is 0 Å². The molecule has 0 saturated carbocycles. The highest BCUT2D eigenvalue weighted by Gasteiger charge is 2.26. The minimum atomic E-state index is -0.852. The molecule has 8 heteroatoms. The lowest BCUT2D eigenvalue weighted by Gasteiger charge is -2.38. The average molecular weight is 488 g/mol. The second kappa shape index (κ2) is 12.1. The third-order valence-corrected chi connectivity index (χ3v) is 6.18. The lowest BCUT2D eigenvalue weighted by molar-refractivity contribution is -0.137. The molecule has 1 unspecified atom stereocenters. The molecule has 1 atom stereocenters. The van der Waals surface area contributed by atoms with E-state index in [2.05, 4.69) is 29.4 Å². The van der Waals surface area contributed by atoms with E-state index in [-0.39, 0.29) is 18.4 Å². The molecule has 184 valence electrons. The number of hydrogen-bond acceptors (Lipinski definition) is 4. The van der Waals surface area contributed by atoms with Crippen LogP contribution in [0.4, 0.5) is 21.9 Å². The highest BCUT2D eigenvalue weighted by molar-refractivity contribution is 6.30. The molecule has 3 N–H and O–H groups in total. The maximum absolute atomic E-state index is 12.9. The van der Waals surface area contributed by atoms with Crippen molar-refractivity contribution in [3.8, 4) is 0 Å². The molecule has 2 aromatic carbocycles. The molecule has 0 aliphatic carbocycles. The number of carboxylic acids is 1. The number of urea groups is 1. The zero-order chi connectivity index (χ0) is 24.7. The van der Waals surface area contributed by atoms with E-state index in [4.69, 9.17) is 16.3 Å². The van der Waals surface area contributed by atoms with Crippen LogP contribution in [0, 0.1) is 5.92 Å². The number of carbonyl (C=O) groups is 2. The Balaban J connectivity index is 1.93. The molecule has 0 radical (unpaired) electrons. The van der Waals surface area contributed by atoms with E-state index < -0.39 is 5.97 Å². The summed E-state index contributed by atoms with van der Waals surface area (Å²) < 4.78 is 5.58. The van der Waals surface area contributed by atoms with Gasteiger partial charge in [-0.3, -0.25) is 4.79 Å². The number of halogens is 1. The number of aliphatic carboxylic acids is 1. The predicted octanol–water partition coefficient (Wildman–Crippen LogP) is 6.20. The van der Waals surface area contributed by atoms with Crippen molar-refractivity contribution in [2.24, 2.45) is 5.92 Å². The van der Waals surface area contributed by atoms with Gasteiger partial charge in [0.15, 0.2) is 0 Å². The lowest BCUT2D eigenvalue weighted by Crippen LogP contribution is -2.42. The van der Waals surface area contributed by atoms with E-state index in [0.717, 1.165) is 30.6 Å². The number of benzene rings is 2. The summed E-state index contributed by atoms with van der Waals surface area (Å²) in [6.07, 6.45) is 1.85. The first-order valence-electron chi connectivity index (χ1n) is 11.8. The van der Waals surface area contributed by atoms with Crippen LogP contribution in [0.5, 0.6) is 0 Å². The topological polar surface area (TPSA) is 90.9 Å². The largest absolute Gasteiger partial charge is 0.481 e. The van der Waals surface area contributed by atoms with Gasteiger partial charge in [0.05, 0.1) is 17.8 Å².